The first-order valence-corrected chi connectivity index (χ1v) is 10.1. The second-order valence-corrected chi connectivity index (χ2v) is 7.52. The molecule has 1 aromatic carbocycles. The largest absolute Gasteiger partial charge is 0.493 e. The Hall–Kier alpha value is -3.09. The molecule has 1 unspecified atom stereocenters. The summed E-state index contributed by atoms with van der Waals surface area (Å²) in [5.41, 5.74) is 1.84. The standard InChI is InChI=1S/C22H25N3O4/c26-21(17-6-8-19(23-14-17)25-10-3-1-2-4-11-25)24-20(22(27)28)16-5-7-18-15(13-16)9-12-29-18/h5-8,13-14,20H,1-4,9-12H2,(H,24,26)(H,27,28). The lowest BCUT2D eigenvalue weighted by Gasteiger charge is -2.21. The third-order valence-electron chi connectivity index (χ3n) is 5.51. The molecule has 7 nitrogen and oxygen atoms in total. The summed E-state index contributed by atoms with van der Waals surface area (Å²) in [6.07, 6.45) is 7.03. The Kier molecular flexibility index (Phi) is 5.64. The van der Waals surface area contributed by atoms with Gasteiger partial charge in [0.2, 0.25) is 0 Å². The van der Waals surface area contributed by atoms with Gasteiger partial charge in [-0.2, -0.15) is 0 Å². The molecule has 2 N–H and O–H groups in total. The molecule has 2 aliphatic heterocycles. The highest BCUT2D eigenvalue weighted by atomic mass is 16.5. The number of rotatable bonds is 5. The lowest BCUT2D eigenvalue weighted by molar-refractivity contribution is -0.139. The fraction of sp³-hybridized carbons (Fsp3) is 0.409. The maximum atomic E-state index is 12.7. The van der Waals surface area contributed by atoms with Gasteiger partial charge in [0.15, 0.2) is 6.04 Å². The van der Waals surface area contributed by atoms with Gasteiger partial charge >= 0.3 is 5.97 Å². The fourth-order valence-corrected chi connectivity index (χ4v) is 3.90. The van der Waals surface area contributed by atoms with E-state index in [0.717, 1.165) is 49.5 Å². The minimum Gasteiger partial charge on any atom is -0.493 e. The third-order valence-corrected chi connectivity index (χ3v) is 5.51. The fourth-order valence-electron chi connectivity index (χ4n) is 3.90. The van der Waals surface area contributed by atoms with Crippen LogP contribution in [0.1, 0.15) is 53.2 Å². The van der Waals surface area contributed by atoms with E-state index in [1.165, 1.54) is 19.0 Å². The molecule has 1 amide bonds. The van der Waals surface area contributed by atoms with E-state index in [2.05, 4.69) is 15.2 Å². The number of fused-ring (bicyclic) bond motifs is 1. The summed E-state index contributed by atoms with van der Waals surface area (Å²) in [5.74, 6) is 0.0739. The van der Waals surface area contributed by atoms with Crippen LogP contribution in [0.4, 0.5) is 5.82 Å². The number of hydrogen-bond acceptors (Lipinski definition) is 5. The van der Waals surface area contributed by atoms with Crippen LogP contribution in [0.3, 0.4) is 0 Å². The first kappa shape index (κ1) is 19.2. The molecule has 1 saturated heterocycles. The molecule has 4 rings (SSSR count). The van der Waals surface area contributed by atoms with Gasteiger partial charge in [-0.15, -0.1) is 0 Å². The number of carboxylic acids is 1. The molecule has 2 aromatic rings. The molecular formula is C22H25N3O4. The quantitative estimate of drug-likeness (QED) is 0.809. The van der Waals surface area contributed by atoms with E-state index in [-0.39, 0.29) is 0 Å². The molecule has 152 valence electrons. The topological polar surface area (TPSA) is 91.8 Å². The first-order chi connectivity index (χ1) is 14.1. The van der Waals surface area contributed by atoms with Crippen molar-refractivity contribution in [1.29, 1.82) is 0 Å². The van der Waals surface area contributed by atoms with E-state index < -0.39 is 17.9 Å². The van der Waals surface area contributed by atoms with Crippen molar-refractivity contribution in [3.63, 3.8) is 0 Å². The van der Waals surface area contributed by atoms with Gasteiger partial charge in [-0.3, -0.25) is 4.79 Å². The van der Waals surface area contributed by atoms with Crippen LogP contribution in [0.5, 0.6) is 5.75 Å². The number of ether oxygens (including phenoxy) is 1. The lowest BCUT2D eigenvalue weighted by atomic mass is 10.0. The number of aromatic nitrogens is 1. The molecule has 0 radical (unpaired) electrons. The van der Waals surface area contributed by atoms with E-state index in [1.807, 2.05) is 6.07 Å². The third kappa shape index (κ3) is 4.34. The number of nitrogens with zero attached hydrogens (tertiary/aromatic N) is 2. The van der Waals surface area contributed by atoms with Crippen molar-refractivity contribution in [1.82, 2.24) is 10.3 Å². The number of benzene rings is 1. The highest BCUT2D eigenvalue weighted by Gasteiger charge is 2.25. The van der Waals surface area contributed by atoms with E-state index in [0.29, 0.717) is 17.7 Å². The van der Waals surface area contributed by atoms with Crippen molar-refractivity contribution >= 4 is 17.7 Å². The van der Waals surface area contributed by atoms with Crippen LogP contribution in [0, 0.1) is 0 Å². The van der Waals surface area contributed by atoms with E-state index in [9.17, 15) is 14.7 Å². The lowest BCUT2D eigenvalue weighted by Crippen LogP contribution is -2.34. The summed E-state index contributed by atoms with van der Waals surface area (Å²) < 4.78 is 5.47. The molecule has 7 heteroatoms. The number of pyridine rings is 1. The van der Waals surface area contributed by atoms with Crippen LogP contribution in [0.25, 0.3) is 0 Å². The van der Waals surface area contributed by atoms with E-state index in [4.69, 9.17) is 4.74 Å². The first-order valence-electron chi connectivity index (χ1n) is 10.1. The number of anilines is 1. The van der Waals surface area contributed by atoms with Gasteiger partial charge in [0, 0.05) is 25.7 Å². The Morgan fingerprint density at radius 3 is 2.59 bits per heavy atom. The molecule has 3 heterocycles. The van der Waals surface area contributed by atoms with Crippen molar-refractivity contribution in [3.05, 3.63) is 53.2 Å². The zero-order valence-electron chi connectivity index (χ0n) is 16.3. The van der Waals surface area contributed by atoms with Crippen molar-refractivity contribution < 1.29 is 19.4 Å². The second kappa shape index (κ2) is 8.51. The molecule has 0 aliphatic carbocycles. The Labute approximate surface area is 169 Å². The number of amides is 1. The van der Waals surface area contributed by atoms with Crippen LogP contribution < -0.4 is 15.0 Å². The monoisotopic (exact) mass is 395 g/mol. The van der Waals surface area contributed by atoms with E-state index >= 15 is 0 Å². The molecule has 1 fully saturated rings. The molecule has 0 spiro atoms. The van der Waals surface area contributed by atoms with Gasteiger partial charge in [-0.25, -0.2) is 9.78 Å². The Morgan fingerprint density at radius 2 is 1.90 bits per heavy atom. The summed E-state index contributed by atoms with van der Waals surface area (Å²) in [6, 6.07) is 7.66. The zero-order valence-corrected chi connectivity index (χ0v) is 16.3. The van der Waals surface area contributed by atoms with Crippen molar-refractivity contribution in [2.45, 2.75) is 38.1 Å². The Bertz CT molecular complexity index is 889. The second-order valence-electron chi connectivity index (χ2n) is 7.52. The summed E-state index contributed by atoms with van der Waals surface area (Å²) in [5, 5.41) is 12.3. The van der Waals surface area contributed by atoms with E-state index in [1.54, 1.807) is 24.3 Å². The van der Waals surface area contributed by atoms with Crippen molar-refractivity contribution in [2.75, 3.05) is 24.6 Å². The number of nitrogens with one attached hydrogen (secondary N) is 1. The van der Waals surface area contributed by atoms with Gasteiger partial charge in [0.25, 0.3) is 5.91 Å². The SMILES string of the molecule is O=C(NC(C(=O)O)c1ccc2c(c1)CCO2)c1ccc(N2CCCCCC2)nc1. The van der Waals surface area contributed by atoms with Crippen molar-refractivity contribution in [2.24, 2.45) is 0 Å². The maximum absolute atomic E-state index is 12.7. The molecule has 0 bridgehead atoms. The predicted molar refractivity (Wildman–Crippen MR) is 108 cm³/mol. The Morgan fingerprint density at radius 1 is 1.10 bits per heavy atom. The van der Waals surface area contributed by atoms with Crippen LogP contribution in [-0.2, 0) is 11.2 Å². The van der Waals surface area contributed by atoms with Gasteiger partial charge < -0.3 is 20.1 Å². The summed E-state index contributed by atoms with van der Waals surface area (Å²) in [6.45, 7) is 2.54. The van der Waals surface area contributed by atoms with Crippen LogP contribution >= 0.6 is 0 Å². The van der Waals surface area contributed by atoms with Gasteiger partial charge in [-0.05, 0) is 48.2 Å². The number of aliphatic carboxylic acids is 1. The highest BCUT2D eigenvalue weighted by molar-refractivity contribution is 5.96. The molecule has 1 atom stereocenters. The predicted octanol–water partition coefficient (Wildman–Crippen LogP) is 2.95. The van der Waals surface area contributed by atoms with Crippen LogP contribution in [-0.4, -0.2) is 41.7 Å². The summed E-state index contributed by atoms with van der Waals surface area (Å²) in [4.78, 5) is 31.1. The maximum Gasteiger partial charge on any atom is 0.330 e. The van der Waals surface area contributed by atoms with Crippen LogP contribution in [0.2, 0.25) is 0 Å². The van der Waals surface area contributed by atoms with Gasteiger partial charge in [0.05, 0.1) is 12.2 Å². The normalized spacial score (nSPS) is 17.0. The average Bonchev–Trinajstić information content (AvgIpc) is 3.03. The summed E-state index contributed by atoms with van der Waals surface area (Å²) >= 11 is 0. The molecule has 1 aromatic heterocycles. The minimum absolute atomic E-state index is 0.347. The number of hydrogen-bond donors (Lipinski definition) is 2. The smallest absolute Gasteiger partial charge is 0.330 e. The molecular weight excluding hydrogens is 370 g/mol. The van der Waals surface area contributed by atoms with Crippen molar-refractivity contribution in [3.8, 4) is 5.75 Å². The van der Waals surface area contributed by atoms with Gasteiger partial charge in [0.1, 0.15) is 11.6 Å². The number of carboxylic acid groups (broad SMARTS) is 1. The van der Waals surface area contributed by atoms with Gasteiger partial charge in [-0.1, -0.05) is 18.9 Å². The number of carbonyl (C=O) groups excluding carboxylic acids is 1. The molecule has 2 aliphatic rings. The van der Waals surface area contributed by atoms with Crippen LogP contribution in [0.15, 0.2) is 36.5 Å². The minimum atomic E-state index is -1.13. The summed E-state index contributed by atoms with van der Waals surface area (Å²) in [7, 11) is 0. The molecule has 0 saturated carbocycles. The average molecular weight is 395 g/mol. The zero-order chi connectivity index (χ0) is 20.2. The Balaban J connectivity index is 1.47. The highest BCUT2D eigenvalue weighted by Crippen LogP contribution is 2.28. The molecule has 29 heavy (non-hydrogen) atoms. The number of carbonyl (C=O) groups is 2.